The van der Waals surface area contributed by atoms with Crippen molar-refractivity contribution in [2.75, 3.05) is 12.4 Å². The summed E-state index contributed by atoms with van der Waals surface area (Å²) in [6, 6.07) is 9.72. The minimum absolute atomic E-state index is 0.0501. The van der Waals surface area contributed by atoms with Crippen LogP contribution in [0.4, 0.5) is 11.4 Å². The third kappa shape index (κ3) is 3.27. The first-order chi connectivity index (χ1) is 10.0. The quantitative estimate of drug-likeness (QED) is 0.511. The molecular formula is C14H12N2O5. The number of nitro groups is 1. The van der Waals surface area contributed by atoms with Crippen molar-refractivity contribution in [1.29, 1.82) is 0 Å². The van der Waals surface area contributed by atoms with Gasteiger partial charge in [0.05, 0.1) is 12.0 Å². The van der Waals surface area contributed by atoms with Crippen LogP contribution in [0.5, 0.6) is 11.5 Å². The fraction of sp³-hybridized carbons (Fsp3) is 0.0714. The summed E-state index contributed by atoms with van der Waals surface area (Å²) in [4.78, 5) is 22.2. The molecule has 7 heteroatoms. The largest absolute Gasteiger partial charge is 0.504 e. The maximum absolute atomic E-state index is 12.0. The third-order valence-corrected chi connectivity index (χ3v) is 2.76. The number of hydrogen-bond acceptors (Lipinski definition) is 5. The van der Waals surface area contributed by atoms with E-state index in [2.05, 4.69) is 5.32 Å². The van der Waals surface area contributed by atoms with E-state index < -0.39 is 10.8 Å². The second kappa shape index (κ2) is 5.91. The van der Waals surface area contributed by atoms with Crippen molar-refractivity contribution in [3.05, 3.63) is 58.1 Å². The molecule has 2 N–H and O–H groups in total. The number of carbonyl (C=O) groups is 1. The Kier molecular flexibility index (Phi) is 4.03. The lowest BCUT2D eigenvalue weighted by molar-refractivity contribution is -0.384. The van der Waals surface area contributed by atoms with Crippen LogP contribution in [0.1, 0.15) is 10.4 Å². The number of ether oxygens (including phenoxy) is 1. The predicted molar refractivity (Wildman–Crippen MR) is 75.7 cm³/mol. The Bertz CT molecular complexity index is 700. The highest BCUT2D eigenvalue weighted by atomic mass is 16.6. The van der Waals surface area contributed by atoms with E-state index in [9.17, 15) is 20.0 Å². The minimum atomic E-state index is -0.569. The Morgan fingerprint density at radius 3 is 2.71 bits per heavy atom. The van der Waals surface area contributed by atoms with Gasteiger partial charge in [-0.2, -0.15) is 0 Å². The molecule has 0 radical (unpaired) electrons. The van der Waals surface area contributed by atoms with E-state index in [4.69, 9.17) is 4.74 Å². The molecule has 0 aliphatic heterocycles. The number of phenolic OH excluding ortho intramolecular Hbond substituents is 1. The molecule has 0 bridgehead atoms. The van der Waals surface area contributed by atoms with Gasteiger partial charge >= 0.3 is 0 Å². The van der Waals surface area contributed by atoms with Crippen molar-refractivity contribution >= 4 is 17.3 Å². The maximum Gasteiger partial charge on any atom is 0.270 e. The number of hydrogen-bond donors (Lipinski definition) is 2. The number of benzene rings is 2. The van der Waals surface area contributed by atoms with Crippen LogP contribution in [-0.4, -0.2) is 23.0 Å². The van der Waals surface area contributed by atoms with E-state index in [1.54, 1.807) is 0 Å². The van der Waals surface area contributed by atoms with Crippen molar-refractivity contribution in [2.24, 2.45) is 0 Å². The average molecular weight is 288 g/mol. The molecule has 1 amide bonds. The fourth-order valence-corrected chi connectivity index (χ4v) is 1.72. The van der Waals surface area contributed by atoms with Crippen LogP contribution in [0.25, 0.3) is 0 Å². The van der Waals surface area contributed by atoms with Gasteiger partial charge in [0, 0.05) is 29.4 Å². The number of anilines is 1. The predicted octanol–water partition coefficient (Wildman–Crippen LogP) is 2.56. The minimum Gasteiger partial charge on any atom is -0.504 e. The molecule has 21 heavy (non-hydrogen) atoms. The SMILES string of the molecule is COc1cc(NC(=O)c2cccc([N+](=O)[O-])c2)ccc1O. The first-order valence-electron chi connectivity index (χ1n) is 5.94. The number of nitrogens with one attached hydrogen (secondary N) is 1. The van der Waals surface area contributed by atoms with Crippen LogP contribution in [0.2, 0.25) is 0 Å². The number of amides is 1. The number of carbonyl (C=O) groups excluding carboxylic acids is 1. The van der Waals surface area contributed by atoms with Gasteiger partial charge in [-0.25, -0.2) is 0 Å². The van der Waals surface area contributed by atoms with Crippen molar-refractivity contribution < 1.29 is 19.6 Å². The Labute approximate surface area is 119 Å². The maximum atomic E-state index is 12.0. The van der Waals surface area contributed by atoms with Crippen LogP contribution in [-0.2, 0) is 0 Å². The van der Waals surface area contributed by atoms with Gasteiger partial charge in [0.15, 0.2) is 11.5 Å². The van der Waals surface area contributed by atoms with E-state index in [1.807, 2.05) is 0 Å². The topological polar surface area (TPSA) is 102 Å². The first kappa shape index (κ1) is 14.3. The zero-order chi connectivity index (χ0) is 15.4. The van der Waals surface area contributed by atoms with Gasteiger partial charge in [-0.1, -0.05) is 6.07 Å². The van der Waals surface area contributed by atoms with E-state index in [0.29, 0.717) is 5.69 Å². The molecule has 0 saturated heterocycles. The van der Waals surface area contributed by atoms with Crippen LogP contribution in [0, 0.1) is 10.1 Å². The van der Waals surface area contributed by atoms with Crippen LogP contribution < -0.4 is 10.1 Å². The van der Waals surface area contributed by atoms with Crippen molar-refractivity contribution in [2.45, 2.75) is 0 Å². The lowest BCUT2D eigenvalue weighted by atomic mass is 10.2. The summed E-state index contributed by atoms with van der Waals surface area (Å²) < 4.78 is 4.93. The highest BCUT2D eigenvalue weighted by Crippen LogP contribution is 2.28. The lowest BCUT2D eigenvalue weighted by Crippen LogP contribution is -2.12. The molecule has 0 atom stereocenters. The van der Waals surface area contributed by atoms with Crippen LogP contribution in [0.3, 0.4) is 0 Å². The second-order valence-electron chi connectivity index (χ2n) is 4.15. The monoisotopic (exact) mass is 288 g/mol. The number of rotatable bonds is 4. The van der Waals surface area contributed by atoms with Gasteiger partial charge in [-0.05, 0) is 18.2 Å². The number of methoxy groups -OCH3 is 1. The van der Waals surface area contributed by atoms with Crippen molar-refractivity contribution in [3.8, 4) is 11.5 Å². The molecule has 0 aliphatic carbocycles. The van der Waals surface area contributed by atoms with Crippen LogP contribution >= 0.6 is 0 Å². The van der Waals surface area contributed by atoms with Gasteiger partial charge in [-0.3, -0.25) is 14.9 Å². The molecule has 7 nitrogen and oxygen atoms in total. The number of nitrogens with zero attached hydrogens (tertiary/aromatic N) is 1. The summed E-state index contributed by atoms with van der Waals surface area (Å²) in [6.07, 6.45) is 0. The van der Waals surface area contributed by atoms with Crippen molar-refractivity contribution in [3.63, 3.8) is 0 Å². The zero-order valence-corrected chi connectivity index (χ0v) is 11.1. The highest BCUT2D eigenvalue weighted by molar-refractivity contribution is 6.04. The molecule has 0 spiro atoms. The van der Waals surface area contributed by atoms with Gasteiger partial charge in [0.25, 0.3) is 11.6 Å². The summed E-state index contributed by atoms with van der Waals surface area (Å²) in [5.41, 5.74) is 0.406. The second-order valence-corrected chi connectivity index (χ2v) is 4.15. The first-order valence-corrected chi connectivity index (χ1v) is 5.94. The smallest absolute Gasteiger partial charge is 0.270 e. The Hall–Kier alpha value is -3.09. The molecule has 2 aromatic rings. The standard InChI is InChI=1S/C14H12N2O5/c1-21-13-8-10(5-6-12(13)17)15-14(18)9-3-2-4-11(7-9)16(19)20/h2-8,17H,1H3,(H,15,18). The Balaban J connectivity index is 2.22. The fourth-order valence-electron chi connectivity index (χ4n) is 1.72. The van der Waals surface area contributed by atoms with E-state index >= 15 is 0 Å². The summed E-state index contributed by atoms with van der Waals surface area (Å²) >= 11 is 0. The molecule has 0 unspecified atom stereocenters. The third-order valence-electron chi connectivity index (χ3n) is 2.76. The zero-order valence-electron chi connectivity index (χ0n) is 11.1. The molecule has 0 fully saturated rings. The number of aromatic hydroxyl groups is 1. The van der Waals surface area contributed by atoms with E-state index in [-0.39, 0.29) is 22.7 Å². The van der Waals surface area contributed by atoms with Gasteiger partial charge in [0.1, 0.15) is 0 Å². The van der Waals surface area contributed by atoms with Crippen molar-refractivity contribution in [1.82, 2.24) is 0 Å². The summed E-state index contributed by atoms with van der Waals surface area (Å²) in [6.45, 7) is 0. The molecule has 108 valence electrons. The normalized spacial score (nSPS) is 9.95. The average Bonchev–Trinajstić information content (AvgIpc) is 2.49. The van der Waals surface area contributed by atoms with E-state index in [1.165, 1.54) is 49.6 Å². The number of nitro benzene ring substituents is 1. The molecule has 0 aliphatic rings. The molecule has 0 saturated carbocycles. The summed E-state index contributed by atoms with van der Waals surface area (Å²) in [5, 5.41) is 22.7. The number of phenols is 1. The van der Waals surface area contributed by atoms with Gasteiger partial charge in [-0.15, -0.1) is 0 Å². The van der Waals surface area contributed by atoms with E-state index in [0.717, 1.165) is 0 Å². The molecule has 2 aromatic carbocycles. The van der Waals surface area contributed by atoms with Crippen LogP contribution in [0.15, 0.2) is 42.5 Å². The summed E-state index contributed by atoms with van der Waals surface area (Å²) in [5.74, 6) is -0.330. The summed E-state index contributed by atoms with van der Waals surface area (Å²) in [7, 11) is 1.39. The van der Waals surface area contributed by atoms with Gasteiger partial charge in [0.2, 0.25) is 0 Å². The molecule has 0 heterocycles. The molecule has 0 aromatic heterocycles. The Morgan fingerprint density at radius 1 is 1.29 bits per heavy atom. The highest BCUT2D eigenvalue weighted by Gasteiger charge is 2.12. The number of non-ortho nitro benzene ring substituents is 1. The lowest BCUT2D eigenvalue weighted by Gasteiger charge is -2.08. The Morgan fingerprint density at radius 2 is 2.05 bits per heavy atom. The van der Waals surface area contributed by atoms with Gasteiger partial charge < -0.3 is 15.2 Å². The molecular weight excluding hydrogens is 276 g/mol. The molecule has 2 rings (SSSR count).